The van der Waals surface area contributed by atoms with E-state index in [0.717, 1.165) is 18.5 Å². The second-order valence-corrected chi connectivity index (χ2v) is 6.38. The minimum absolute atomic E-state index is 0.138. The molecule has 0 bridgehead atoms. The van der Waals surface area contributed by atoms with Crippen molar-refractivity contribution in [3.05, 3.63) is 59.1 Å². The zero-order chi connectivity index (χ0) is 18.4. The van der Waals surface area contributed by atoms with Crippen molar-refractivity contribution in [1.29, 1.82) is 0 Å². The van der Waals surface area contributed by atoms with Crippen molar-refractivity contribution in [3.63, 3.8) is 0 Å². The molecule has 0 spiro atoms. The first-order valence-corrected chi connectivity index (χ1v) is 8.82. The van der Waals surface area contributed by atoms with Gasteiger partial charge in [0.2, 0.25) is 12.7 Å². The third-order valence-corrected chi connectivity index (χ3v) is 4.32. The Morgan fingerprint density at radius 3 is 2.88 bits per heavy atom. The normalized spacial score (nSPS) is 12.4. The van der Waals surface area contributed by atoms with E-state index < -0.39 is 0 Å². The van der Waals surface area contributed by atoms with Crippen LogP contribution in [0.4, 0.5) is 5.69 Å². The number of carbonyl (C=O) groups excluding carboxylic acids is 1. The van der Waals surface area contributed by atoms with Gasteiger partial charge in [-0.3, -0.25) is 4.79 Å². The molecule has 1 N–H and O–H groups in total. The molecule has 2 aromatic rings. The SMILES string of the molecule is CN(CCCNC(=O)/C=C/c1cc(Cl)c2c(c1)OCO2)c1ccccc1. The first-order chi connectivity index (χ1) is 12.6. The average molecular weight is 373 g/mol. The fraction of sp³-hybridized carbons (Fsp3) is 0.250. The molecule has 0 saturated carbocycles. The third kappa shape index (κ3) is 4.70. The molecule has 5 nitrogen and oxygen atoms in total. The zero-order valence-corrected chi connectivity index (χ0v) is 15.3. The summed E-state index contributed by atoms with van der Waals surface area (Å²) in [5.74, 6) is 1.01. The highest BCUT2D eigenvalue weighted by atomic mass is 35.5. The van der Waals surface area contributed by atoms with Crippen LogP contribution < -0.4 is 19.7 Å². The third-order valence-electron chi connectivity index (χ3n) is 4.04. The van der Waals surface area contributed by atoms with Gasteiger partial charge in [0, 0.05) is 31.9 Å². The van der Waals surface area contributed by atoms with Crippen molar-refractivity contribution in [2.45, 2.75) is 6.42 Å². The maximum absolute atomic E-state index is 11.9. The number of carbonyl (C=O) groups is 1. The zero-order valence-electron chi connectivity index (χ0n) is 14.6. The van der Waals surface area contributed by atoms with Gasteiger partial charge < -0.3 is 19.7 Å². The van der Waals surface area contributed by atoms with Crippen LogP contribution in [0.25, 0.3) is 6.08 Å². The van der Waals surface area contributed by atoms with Crippen LogP contribution in [0, 0.1) is 0 Å². The summed E-state index contributed by atoms with van der Waals surface area (Å²) in [6.07, 6.45) is 4.06. The molecule has 0 aromatic heterocycles. The van der Waals surface area contributed by atoms with Gasteiger partial charge in [0.05, 0.1) is 5.02 Å². The van der Waals surface area contributed by atoms with Crippen molar-refractivity contribution in [3.8, 4) is 11.5 Å². The van der Waals surface area contributed by atoms with Crippen LogP contribution in [0.3, 0.4) is 0 Å². The van der Waals surface area contributed by atoms with Crippen molar-refractivity contribution in [2.75, 3.05) is 31.8 Å². The van der Waals surface area contributed by atoms with Gasteiger partial charge in [0.25, 0.3) is 0 Å². The van der Waals surface area contributed by atoms with E-state index in [1.165, 1.54) is 11.8 Å². The number of para-hydroxylation sites is 1. The number of nitrogens with zero attached hydrogens (tertiary/aromatic N) is 1. The largest absolute Gasteiger partial charge is 0.454 e. The lowest BCUT2D eigenvalue weighted by atomic mass is 10.2. The van der Waals surface area contributed by atoms with Crippen LogP contribution in [-0.2, 0) is 4.79 Å². The van der Waals surface area contributed by atoms with Gasteiger partial charge in [0.1, 0.15) is 0 Å². The highest BCUT2D eigenvalue weighted by Crippen LogP contribution is 2.40. The first kappa shape index (κ1) is 18.1. The van der Waals surface area contributed by atoms with Crippen molar-refractivity contribution < 1.29 is 14.3 Å². The number of amides is 1. The molecule has 6 heteroatoms. The molecule has 2 aromatic carbocycles. The molecule has 1 heterocycles. The Morgan fingerprint density at radius 2 is 2.08 bits per heavy atom. The number of benzene rings is 2. The van der Waals surface area contributed by atoms with E-state index in [2.05, 4.69) is 22.3 Å². The maximum Gasteiger partial charge on any atom is 0.244 e. The minimum atomic E-state index is -0.138. The molecule has 0 radical (unpaired) electrons. The Balaban J connectivity index is 1.43. The minimum Gasteiger partial charge on any atom is -0.454 e. The average Bonchev–Trinajstić information content (AvgIpc) is 3.13. The molecule has 0 saturated heterocycles. The number of ether oxygens (including phenoxy) is 2. The second kappa shape index (κ2) is 8.63. The van der Waals surface area contributed by atoms with E-state index in [-0.39, 0.29) is 12.7 Å². The standard InChI is InChI=1S/C20H21ClN2O3/c1-23(16-6-3-2-4-7-16)11-5-10-22-19(24)9-8-15-12-17(21)20-18(13-15)25-14-26-20/h2-4,6-9,12-13H,5,10-11,14H2,1H3,(H,22,24)/b9-8+. The number of hydrogen-bond acceptors (Lipinski definition) is 4. The summed E-state index contributed by atoms with van der Waals surface area (Å²) in [5, 5.41) is 3.36. The lowest BCUT2D eigenvalue weighted by Gasteiger charge is -2.19. The Kier molecular flexibility index (Phi) is 6.02. The Labute approximate surface area is 158 Å². The lowest BCUT2D eigenvalue weighted by molar-refractivity contribution is -0.116. The van der Waals surface area contributed by atoms with Gasteiger partial charge in [0.15, 0.2) is 11.5 Å². The van der Waals surface area contributed by atoms with E-state index in [9.17, 15) is 4.79 Å². The molecule has 0 aliphatic carbocycles. The lowest BCUT2D eigenvalue weighted by Crippen LogP contribution is -2.26. The van der Waals surface area contributed by atoms with E-state index in [1.54, 1.807) is 18.2 Å². The van der Waals surface area contributed by atoms with Crippen LogP contribution in [0.2, 0.25) is 5.02 Å². The van der Waals surface area contributed by atoms with Gasteiger partial charge >= 0.3 is 0 Å². The van der Waals surface area contributed by atoms with Crippen molar-refractivity contribution in [2.24, 2.45) is 0 Å². The molecule has 0 unspecified atom stereocenters. The monoisotopic (exact) mass is 372 g/mol. The van der Waals surface area contributed by atoms with E-state index in [4.69, 9.17) is 21.1 Å². The molecule has 136 valence electrons. The van der Waals surface area contributed by atoms with Crippen LogP contribution in [-0.4, -0.2) is 32.8 Å². The van der Waals surface area contributed by atoms with Crippen LogP contribution in [0.15, 0.2) is 48.5 Å². The molecule has 0 fully saturated rings. The number of anilines is 1. The highest BCUT2D eigenvalue weighted by molar-refractivity contribution is 6.32. The molecule has 1 aliphatic heterocycles. The van der Waals surface area contributed by atoms with Gasteiger partial charge in [-0.2, -0.15) is 0 Å². The summed E-state index contributed by atoms with van der Waals surface area (Å²) in [6, 6.07) is 13.7. The van der Waals surface area contributed by atoms with Crippen LogP contribution in [0.1, 0.15) is 12.0 Å². The Morgan fingerprint density at radius 1 is 1.27 bits per heavy atom. The summed E-state index contributed by atoms with van der Waals surface area (Å²) in [7, 11) is 2.04. The fourth-order valence-corrected chi connectivity index (χ4v) is 2.93. The predicted octanol–water partition coefficient (Wildman–Crippen LogP) is 3.72. The smallest absolute Gasteiger partial charge is 0.244 e. The summed E-state index contributed by atoms with van der Waals surface area (Å²) >= 11 is 6.13. The van der Waals surface area contributed by atoms with Crippen molar-refractivity contribution in [1.82, 2.24) is 5.32 Å². The maximum atomic E-state index is 11.9. The number of halogens is 1. The topological polar surface area (TPSA) is 50.8 Å². The molecular formula is C20H21ClN2O3. The van der Waals surface area contributed by atoms with Gasteiger partial charge in [-0.15, -0.1) is 0 Å². The quantitative estimate of drug-likeness (QED) is 0.594. The summed E-state index contributed by atoms with van der Waals surface area (Å²) in [4.78, 5) is 14.1. The molecule has 3 rings (SSSR count). The number of fused-ring (bicyclic) bond motifs is 1. The molecule has 26 heavy (non-hydrogen) atoms. The number of hydrogen-bond donors (Lipinski definition) is 1. The fourth-order valence-electron chi connectivity index (χ4n) is 2.65. The van der Waals surface area contributed by atoms with Crippen LogP contribution in [0.5, 0.6) is 11.5 Å². The summed E-state index contributed by atoms with van der Waals surface area (Å²) < 4.78 is 10.6. The van der Waals surface area contributed by atoms with Gasteiger partial charge in [-0.25, -0.2) is 0 Å². The van der Waals surface area contributed by atoms with Gasteiger partial charge in [-0.05, 0) is 42.3 Å². The first-order valence-electron chi connectivity index (χ1n) is 8.45. The van der Waals surface area contributed by atoms with Crippen LogP contribution >= 0.6 is 11.6 Å². The van der Waals surface area contributed by atoms with E-state index >= 15 is 0 Å². The highest BCUT2D eigenvalue weighted by Gasteiger charge is 2.17. The Hall–Kier alpha value is -2.66. The summed E-state index contributed by atoms with van der Waals surface area (Å²) in [5.41, 5.74) is 1.96. The van der Waals surface area contributed by atoms with Crippen molar-refractivity contribution >= 4 is 29.3 Å². The molecule has 1 aliphatic rings. The Bertz CT molecular complexity index is 793. The van der Waals surface area contributed by atoms with E-state index in [0.29, 0.717) is 23.1 Å². The number of nitrogens with one attached hydrogen (secondary N) is 1. The van der Waals surface area contributed by atoms with E-state index in [1.807, 2.05) is 25.2 Å². The summed E-state index contributed by atoms with van der Waals surface area (Å²) in [6.45, 7) is 1.65. The molecule has 0 atom stereocenters. The number of rotatable bonds is 7. The predicted molar refractivity (Wildman–Crippen MR) is 104 cm³/mol. The second-order valence-electron chi connectivity index (χ2n) is 5.97. The van der Waals surface area contributed by atoms with Gasteiger partial charge in [-0.1, -0.05) is 29.8 Å². The molecule has 1 amide bonds. The molecular weight excluding hydrogens is 352 g/mol.